The normalized spacial score (nSPS) is 16.5. The Kier molecular flexibility index (Phi) is 3.64. The molecule has 0 saturated carbocycles. The molecule has 114 valence electrons. The van der Waals surface area contributed by atoms with Crippen molar-refractivity contribution in [3.63, 3.8) is 0 Å². The molecule has 0 atom stereocenters. The number of rotatable bonds is 5. The van der Waals surface area contributed by atoms with Crippen LogP contribution in [0.25, 0.3) is 0 Å². The highest BCUT2D eigenvalue weighted by atomic mass is 19.3. The Morgan fingerprint density at radius 2 is 2.14 bits per heavy atom. The number of aliphatic hydroxyl groups is 1. The highest BCUT2D eigenvalue weighted by molar-refractivity contribution is 5.87. The number of halogens is 2. The molecule has 8 nitrogen and oxygen atoms in total. The number of ether oxygens (including phenoxy) is 1. The molecule has 2 rings (SSSR count). The van der Waals surface area contributed by atoms with E-state index in [0.29, 0.717) is 5.69 Å². The van der Waals surface area contributed by atoms with Gasteiger partial charge in [-0.05, 0) is 6.07 Å². The molecule has 1 heterocycles. The van der Waals surface area contributed by atoms with E-state index in [1.165, 1.54) is 11.0 Å². The second kappa shape index (κ2) is 5.13. The molecular formula is C11H11F2N3O5. The molecule has 1 aromatic carbocycles. The van der Waals surface area contributed by atoms with Crippen LogP contribution in [0.3, 0.4) is 0 Å². The van der Waals surface area contributed by atoms with Gasteiger partial charge in [-0.1, -0.05) is 0 Å². The first-order valence-corrected chi connectivity index (χ1v) is 5.73. The third-order valence-corrected chi connectivity index (χ3v) is 3.08. The zero-order valence-corrected chi connectivity index (χ0v) is 10.5. The predicted octanol–water partition coefficient (Wildman–Crippen LogP) is 0.233. The highest BCUT2D eigenvalue weighted by Gasteiger charge is 2.46. The topological polar surface area (TPSA) is 119 Å². The van der Waals surface area contributed by atoms with Crippen molar-refractivity contribution in [3.05, 3.63) is 28.3 Å². The summed E-state index contributed by atoms with van der Waals surface area (Å²) >= 11 is 0. The molecule has 1 amide bonds. The molecule has 0 aromatic heterocycles. The number of carbonyl (C=O) groups excluding carboxylic acids is 1. The van der Waals surface area contributed by atoms with Crippen LogP contribution in [0, 0.1) is 10.1 Å². The molecule has 1 aliphatic rings. The van der Waals surface area contributed by atoms with Gasteiger partial charge in [0.05, 0.1) is 18.0 Å². The van der Waals surface area contributed by atoms with Gasteiger partial charge in [0, 0.05) is 17.8 Å². The number of nitrogens with two attached hydrogens (primary N) is 1. The number of primary amides is 1. The summed E-state index contributed by atoms with van der Waals surface area (Å²) in [6.07, 6.45) is 0. The van der Waals surface area contributed by atoms with E-state index in [2.05, 4.69) is 4.74 Å². The largest absolute Gasteiger partial charge is 0.427 e. The third-order valence-electron chi connectivity index (χ3n) is 3.08. The number of alkyl halides is 2. The third kappa shape index (κ3) is 2.84. The van der Waals surface area contributed by atoms with E-state index in [-0.39, 0.29) is 13.1 Å². The average molecular weight is 303 g/mol. The molecular weight excluding hydrogens is 292 g/mol. The van der Waals surface area contributed by atoms with Crippen LogP contribution in [0.15, 0.2) is 18.2 Å². The summed E-state index contributed by atoms with van der Waals surface area (Å²) in [5.41, 5.74) is 3.00. The lowest BCUT2D eigenvalue weighted by Gasteiger charge is -2.45. The number of anilines is 1. The van der Waals surface area contributed by atoms with Crippen molar-refractivity contribution in [2.45, 2.75) is 12.2 Å². The van der Waals surface area contributed by atoms with Crippen molar-refractivity contribution in [3.8, 4) is 5.75 Å². The summed E-state index contributed by atoms with van der Waals surface area (Å²) in [6, 6.07) is 3.36. The number of nitro benzene ring substituents is 1. The monoisotopic (exact) mass is 303 g/mol. The van der Waals surface area contributed by atoms with Crippen LogP contribution < -0.4 is 15.4 Å². The summed E-state index contributed by atoms with van der Waals surface area (Å²) in [4.78, 5) is 22.3. The van der Waals surface area contributed by atoms with Crippen LogP contribution in [0.2, 0.25) is 0 Å². The van der Waals surface area contributed by atoms with Crippen molar-refractivity contribution < 1.29 is 28.3 Å². The Labute approximate surface area is 116 Å². The summed E-state index contributed by atoms with van der Waals surface area (Å²) in [5.74, 6) is -1.49. The quantitative estimate of drug-likeness (QED) is 0.593. The standard InChI is InChI=1S/C11H11F2N3O5/c12-10(13)21-8-3-6(1-2-7(8)16(19)20)15-4-11(18,5-15)9(14)17/h1-3,10,18H,4-5H2,(H2,14,17). The van der Waals surface area contributed by atoms with Crippen LogP contribution in [-0.2, 0) is 4.79 Å². The van der Waals surface area contributed by atoms with Gasteiger partial charge in [-0.25, -0.2) is 0 Å². The molecule has 21 heavy (non-hydrogen) atoms. The minimum atomic E-state index is -3.21. The zero-order valence-electron chi connectivity index (χ0n) is 10.5. The lowest BCUT2D eigenvalue weighted by atomic mass is 9.92. The number of benzene rings is 1. The Morgan fingerprint density at radius 3 is 2.62 bits per heavy atom. The Morgan fingerprint density at radius 1 is 1.52 bits per heavy atom. The lowest BCUT2D eigenvalue weighted by molar-refractivity contribution is -0.386. The van der Waals surface area contributed by atoms with Crippen molar-refractivity contribution in [1.29, 1.82) is 0 Å². The molecule has 0 radical (unpaired) electrons. The van der Waals surface area contributed by atoms with Gasteiger partial charge in [0.25, 0.3) is 5.91 Å². The minimum Gasteiger partial charge on any atom is -0.427 e. The van der Waals surface area contributed by atoms with Crippen molar-refractivity contribution in [2.75, 3.05) is 18.0 Å². The van der Waals surface area contributed by atoms with Crippen LogP contribution in [0.1, 0.15) is 0 Å². The van der Waals surface area contributed by atoms with Gasteiger partial charge in [-0.2, -0.15) is 8.78 Å². The summed E-state index contributed by atoms with van der Waals surface area (Å²) in [6.45, 7) is -3.47. The maximum atomic E-state index is 12.3. The van der Waals surface area contributed by atoms with Gasteiger partial charge in [-0.15, -0.1) is 0 Å². The second-order valence-corrected chi connectivity index (χ2v) is 4.54. The smallest absolute Gasteiger partial charge is 0.387 e. The van der Waals surface area contributed by atoms with Gasteiger partial charge in [0.1, 0.15) is 0 Å². The van der Waals surface area contributed by atoms with Gasteiger partial charge in [0.15, 0.2) is 5.60 Å². The van der Waals surface area contributed by atoms with Crippen LogP contribution >= 0.6 is 0 Å². The predicted molar refractivity (Wildman–Crippen MR) is 66.1 cm³/mol. The highest BCUT2D eigenvalue weighted by Crippen LogP contribution is 2.35. The molecule has 1 fully saturated rings. The number of amides is 1. The lowest BCUT2D eigenvalue weighted by Crippen LogP contribution is -2.68. The Balaban J connectivity index is 2.23. The Bertz CT molecular complexity index is 589. The number of hydrogen-bond acceptors (Lipinski definition) is 6. The summed E-state index contributed by atoms with van der Waals surface area (Å²) in [7, 11) is 0. The number of nitro groups is 1. The summed E-state index contributed by atoms with van der Waals surface area (Å²) in [5, 5.41) is 20.4. The molecule has 1 aliphatic heterocycles. The fraction of sp³-hybridized carbons (Fsp3) is 0.364. The number of β-amino-alcohol motifs (C(OH)–C–C–N with tert-alkyl or cyclic N) is 1. The maximum absolute atomic E-state index is 12.3. The van der Waals surface area contributed by atoms with Crippen LogP contribution in [0.5, 0.6) is 5.75 Å². The zero-order chi connectivity index (χ0) is 15.8. The molecule has 0 aliphatic carbocycles. The fourth-order valence-electron chi connectivity index (χ4n) is 1.96. The average Bonchev–Trinajstić information content (AvgIpc) is 2.33. The first-order valence-electron chi connectivity index (χ1n) is 5.73. The Hall–Kier alpha value is -2.49. The van der Waals surface area contributed by atoms with Crippen molar-refractivity contribution in [2.24, 2.45) is 5.73 Å². The van der Waals surface area contributed by atoms with Gasteiger partial charge < -0.3 is 20.5 Å². The molecule has 10 heteroatoms. The van der Waals surface area contributed by atoms with Gasteiger partial charge in [0.2, 0.25) is 5.75 Å². The van der Waals surface area contributed by atoms with Gasteiger partial charge >= 0.3 is 12.3 Å². The molecule has 0 bridgehead atoms. The second-order valence-electron chi connectivity index (χ2n) is 4.54. The number of carbonyl (C=O) groups is 1. The van der Waals surface area contributed by atoms with Crippen LogP contribution in [-0.4, -0.2) is 41.2 Å². The first-order chi connectivity index (χ1) is 9.73. The molecule has 1 saturated heterocycles. The van der Waals surface area contributed by atoms with Crippen LogP contribution in [0.4, 0.5) is 20.2 Å². The molecule has 0 spiro atoms. The molecule has 1 aromatic rings. The van der Waals surface area contributed by atoms with Crippen molar-refractivity contribution >= 4 is 17.3 Å². The number of nitrogens with zero attached hydrogens (tertiary/aromatic N) is 2. The van der Waals surface area contributed by atoms with Gasteiger partial charge in [-0.3, -0.25) is 14.9 Å². The van der Waals surface area contributed by atoms with E-state index >= 15 is 0 Å². The van der Waals surface area contributed by atoms with E-state index in [4.69, 9.17) is 5.73 Å². The van der Waals surface area contributed by atoms with E-state index in [0.717, 1.165) is 12.1 Å². The molecule has 3 N–H and O–H groups in total. The first kappa shape index (κ1) is 14.9. The summed E-state index contributed by atoms with van der Waals surface area (Å²) < 4.78 is 28.6. The maximum Gasteiger partial charge on any atom is 0.387 e. The van der Waals surface area contributed by atoms with E-state index in [9.17, 15) is 28.8 Å². The fourth-order valence-corrected chi connectivity index (χ4v) is 1.96. The van der Waals surface area contributed by atoms with Crippen molar-refractivity contribution in [1.82, 2.24) is 0 Å². The SMILES string of the molecule is NC(=O)C1(O)CN(c2ccc([N+](=O)[O-])c(OC(F)F)c2)C1. The number of hydrogen-bond donors (Lipinski definition) is 2. The van der Waals surface area contributed by atoms with E-state index in [1.54, 1.807) is 0 Å². The van der Waals surface area contributed by atoms with E-state index < -0.39 is 34.5 Å². The minimum absolute atomic E-state index is 0.131. The molecule has 0 unspecified atom stereocenters. The van der Waals surface area contributed by atoms with E-state index in [1.807, 2.05) is 0 Å².